The van der Waals surface area contributed by atoms with E-state index in [9.17, 15) is 4.79 Å². The number of ether oxygens (including phenoxy) is 1. The van der Waals surface area contributed by atoms with Crippen molar-refractivity contribution in [3.05, 3.63) is 24.3 Å². The number of nitrogens with zero attached hydrogens (tertiary/aromatic N) is 3. The Bertz CT molecular complexity index is 633. The fourth-order valence-corrected chi connectivity index (χ4v) is 2.52. The first-order valence-electron chi connectivity index (χ1n) is 7.07. The van der Waals surface area contributed by atoms with Crippen molar-refractivity contribution in [2.75, 3.05) is 44.7 Å². The Morgan fingerprint density at radius 2 is 2.10 bits per heavy atom. The number of rotatable bonds is 4. The maximum Gasteiger partial charge on any atom is 0.340 e. The molecule has 2 aromatic rings. The van der Waals surface area contributed by atoms with Crippen molar-refractivity contribution in [3.8, 4) is 0 Å². The first-order chi connectivity index (χ1) is 10.3. The molecule has 1 saturated heterocycles. The standard InChI is InChI=1S/C14H19N5O2/c15-14(20)19-12-4-2-1-3-11(12)13(17-19)16-5-6-18-7-9-21-10-8-18/h1-4H,5-10H2,(H2,15,20)(H,16,17). The van der Waals surface area contributed by atoms with Crippen LogP contribution >= 0.6 is 0 Å². The van der Waals surface area contributed by atoms with Crippen molar-refractivity contribution >= 4 is 22.8 Å². The lowest BCUT2D eigenvalue weighted by Crippen LogP contribution is -2.39. The van der Waals surface area contributed by atoms with Crippen LogP contribution in [0.3, 0.4) is 0 Å². The Labute approximate surface area is 122 Å². The number of carbonyl (C=O) groups is 1. The van der Waals surface area contributed by atoms with Gasteiger partial charge in [0.2, 0.25) is 0 Å². The summed E-state index contributed by atoms with van der Waals surface area (Å²) in [6.45, 7) is 5.18. The highest BCUT2D eigenvalue weighted by Gasteiger charge is 2.14. The first-order valence-corrected chi connectivity index (χ1v) is 7.07. The summed E-state index contributed by atoms with van der Waals surface area (Å²) in [5, 5.41) is 8.45. The Balaban J connectivity index is 1.70. The predicted molar refractivity (Wildman–Crippen MR) is 80.5 cm³/mol. The number of carbonyl (C=O) groups excluding carboxylic acids is 1. The van der Waals surface area contributed by atoms with Gasteiger partial charge in [0, 0.05) is 31.6 Å². The molecule has 1 aromatic carbocycles. The van der Waals surface area contributed by atoms with E-state index in [0.29, 0.717) is 5.82 Å². The lowest BCUT2D eigenvalue weighted by Gasteiger charge is -2.26. The Morgan fingerprint density at radius 3 is 2.86 bits per heavy atom. The van der Waals surface area contributed by atoms with Crippen LogP contribution in [-0.2, 0) is 4.74 Å². The van der Waals surface area contributed by atoms with Gasteiger partial charge in [-0.3, -0.25) is 4.90 Å². The van der Waals surface area contributed by atoms with Crippen LogP contribution in [0.1, 0.15) is 0 Å². The van der Waals surface area contributed by atoms with Gasteiger partial charge < -0.3 is 15.8 Å². The summed E-state index contributed by atoms with van der Waals surface area (Å²) in [6.07, 6.45) is 0. The quantitative estimate of drug-likeness (QED) is 0.865. The molecule has 1 aliphatic heterocycles. The first kappa shape index (κ1) is 13.8. The van der Waals surface area contributed by atoms with Crippen molar-refractivity contribution in [2.45, 2.75) is 0 Å². The van der Waals surface area contributed by atoms with Gasteiger partial charge in [-0.2, -0.15) is 4.68 Å². The molecule has 1 aromatic heterocycles. The van der Waals surface area contributed by atoms with E-state index in [4.69, 9.17) is 10.5 Å². The highest BCUT2D eigenvalue weighted by Crippen LogP contribution is 2.22. The number of nitrogens with one attached hydrogen (secondary N) is 1. The number of hydrogen-bond donors (Lipinski definition) is 2. The van der Waals surface area contributed by atoms with Gasteiger partial charge in [-0.15, -0.1) is 5.10 Å². The minimum Gasteiger partial charge on any atom is -0.379 e. The normalized spacial score (nSPS) is 16.2. The Kier molecular flexibility index (Phi) is 4.03. The minimum absolute atomic E-state index is 0.576. The molecule has 0 spiro atoms. The summed E-state index contributed by atoms with van der Waals surface area (Å²) in [7, 11) is 0. The van der Waals surface area contributed by atoms with Crippen LogP contribution in [0.5, 0.6) is 0 Å². The maximum absolute atomic E-state index is 11.4. The van der Waals surface area contributed by atoms with Crippen molar-refractivity contribution in [1.29, 1.82) is 0 Å². The van der Waals surface area contributed by atoms with E-state index in [-0.39, 0.29) is 0 Å². The average Bonchev–Trinajstić information content (AvgIpc) is 2.88. The van der Waals surface area contributed by atoms with Gasteiger partial charge in [0.25, 0.3) is 0 Å². The molecule has 0 bridgehead atoms. The monoisotopic (exact) mass is 289 g/mol. The highest BCUT2D eigenvalue weighted by molar-refractivity contribution is 5.96. The zero-order valence-corrected chi connectivity index (χ0v) is 11.8. The Hall–Kier alpha value is -2.12. The molecule has 1 amide bonds. The summed E-state index contributed by atoms with van der Waals surface area (Å²) >= 11 is 0. The molecule has 0 radical (unpaired) electrons. The fraction of sp³-hybridized carbons (Fsp3) is 0.429. The molecule has 1 aliphatic rings. The van der Waals surface area contributed by atoms with Gasteiger partial charge >= 0.3 is 6.03 Å². The number of hydrogen-bond acceptors (Lipinski definition) is 5. The molecule has 0 unspecified atom stereocenters. The zero-order valence-electron chi connectivity index (χ0n) is 11.8. The molecule has 7 nitrogen and oxygen atoms in total. The molecule has 7 heteroatoms. The third kappa shape index (κ3) is 2.98. The number of fused-ring (bicyclic) bond motifs is 1. The van der Waals surface area contributed by atoms with Crippen LogP contribution in [0.25, 0.3) is 10.9 Å². The van der Waals surface area contributed by atoms with Crippen molar-refractivity contribution in [1.82, 2.24) is 14.7 Å². The maximum atomic E-state index is 11.4. The van der Waals surface area contributed by atoms with Crippen LogP contribution in [0.4, 0.5) is 10.6 Å². The second kappa shape index (κ2) is 6.11. The average molecular weight is 289 g/mol. The highest BCUT2D eigenvalue weighted by atomic mass is 16.5. The number of primary amides is 1. The molecular formula is C14H19N5O2. The summed E-state index contributed by atoms with van der Waals surface area (Å²) in [6, 6.07) is 6.97. The molecule has 3 N–H and O–H groups in total. The summed E-state index contributed by atoms with van der Waals surface area (Å²) in [5.41, 5.74) is 6.07. The predicted octanol–water partition coefficient (Wildman–Crippen LogP) is 0.707. The van der Waals surface area contributed by atoms with Gasteiger partial charge in [0.05, 0.1) is 18.7 Å². The lowest BCUT2D eigenvalue weighted by atomic mass is 10.2. The molecule has 1 fully saturated rings. The van der Waals surface area contributed by atoms with E-state index in [1.165, 1.54) is 4.68 Å². The van der Waals surface area contributed by atoms with Crippen LogP contribution < -0.4 is 11.1 Å². The van der Waals surface area contributed by atoms with Gasteiger partial charge in [-0.05, 0) is 12.1 Å². The number of anilines is 1. The molecule has 0 aliphatic carbocycles. The van der Waals surface area contributed by atoms with Crippen molar-refractivity contribution in [2.24, 2.45) is 5.73 Å². The molecule has 0 saturated carbocycles. The summed E-state index contributed by atoms with van der Waals surface area (Å²) in [4.78, 5) is 13.8. The Morgan fingerprint density at radius 1 is 1.33 bits per heavy atom. The molecule has 2 heterocycles. The van der Waals surface area contributed by atoms with Crippen LogP contribution in [-0.4, -0.2) is 60.1 Å². The molecule has 21 heavy (non-hydrogen) atoms. The third-order valence-electron chi connectivity index (χ3n) is 3.62. The second-order valence-electron chi connectivity index (χ2n) is 5.00. The van der Waals surface area contributed by atoms with Crippen LogP contribution in [0.2, 0.25) is 0 Å². The number of benzene rings is 1. The van der Waals surface area contributed by atoms with E-state index < -0.39 is 6.03 Å². The second-order valence-corrected chi connectivity index (χ2v) is 5.00. The number of amides is 1. The van der Waals surface area contributed by atoms with Crippen molar-refractivity contribution in [3.63, 3.8) is 0 Å². The number of morpholine rings is 1. The SMILES string of the molecule is NC(=O)n1nc(NCCN2CCOCC2)c2ccccc21. The lowest BCUT2D eigenvalue weighted by molar-refractivity contribution is 0.0398. The number of aromatic nitrogens is 2. The van der Waals surface area contributed by atoms with E-state index in [2.05, 4.69) is 15.3 Å². The van der Waals surface area contributed by atoms with Crippen LogP contribution in [0, 0.1) is 0 Å². The largest absolute Gasteiger partial charge is 0.379 e. The zero-order chi connectivity index (χ0) is 14.7. The van der Waals surface area contributed by atoms with Gasteiger partial charge in [-0.1, -0.05) is 12.1 Å². The summed E-state index contributed by atoms with van der Waals surface area (Å²) < 4.78 is 6.55. The van der Waals surface area contributed by atoms with Gasteiger partial charge in [0.1, 0.15) is 0 Å². The van der Waals surface area contributed by atoms with Crippen LogP contribution in [0.15, 0.2) is 24.3 Å². The number of nitrogens with two attached hydrogens (primary N) is 1. The van der Waals surface area contributed by atoms with E-state index in [0.717, 1.165) is 50.3 Å². The molecule has 112 valence electrons. The molecule has 3 rings (SSSR count). The van der Waals surface area contributed by atoms with Gasteiger partial charge in [-0.25, -0.2) is 4.79 Å². The van der Waals surface area contributed by atoms with E-state index in [1.807, 2.05) is 24.3 Å². The smallest absolute Gasteiger partial charge is 0.340 e. The summed E-state index contributed by atoms with van der Waals surface area (Å²) in [5.74, 6) is 0.692. The third-order valence-corrected chi connectivity index (χ3v) is 3.62. The molecular weight excluding hydrogens is 270 g/mol. The topological polar surface area (TPSA) is 85.4 Å². The minimum atomic E-state index is -0.576. The fourth-order valence-electron chi connectivity index (χ4n) is 2.52. The van der Waals surface area contributed by atoms with Crippen molar-refractivity contribution < 1.29 is 9.53 Å². The van der Waals surface area contributed by atoms with Gasteiger partial charge in [0.15, 0.2) is 5.82 Å². The van der Waals surface area contributed by atoms with E-state index in [1.54, 1.807) is 0 Å². The molecule has 0 atom stereocenters. The number of para-hydroxylation sites is 1. The van der Waals surface area contributed by atoms with E-state index >= 15 is 0 Å².